The van der Waals surface area contributed by atoms with Gasteiger partial charge in [-0.1, -0.05) is 79.4 Å². The molecule has 0 bridgehead atoms. The van der Waals surface area contributed by atoms with E-state index in [1.807, 2.05) is 31.2 Å². The van der Waals surface area contributed by atoms with E-state index >= 15 is 0 Å². The van der Waals surface area contributed by atoms with E-state index in [0.29, 0.717) is 0 Å². The van der Waals surface area contributed by atoms with Crippen LogP contribution in [0.4, 0.5) is 17.1 Å². The lowest BCUT2D eigenvalue weighted by Gasteiger charge is -2.25. The van der Waals surface area contributed by atoms with E-state index in [0.717, 1.165) is 33.8 Å². The van der Waals surface area contributed by atoms with E-state index in [9.17, 15) is 4.79 Å². The fraction of sp³-hybridized carbons (Fsp3) is 0.0690. The molecule has 0 saturated heterocycles. The quantitative estimate of drug-likeness (QED) is 0.228. The van der Waals surface area contributed by atoms with Crippen molar-refractivity contribution >= 4 is 23.0 Å². The average molecular weight is 420 g/mol. The van der Waals surface area contributed by atoms with Crippen molar-refractivity contribution in [2.45, 2.75) is 13.0 Å². The molecule has 0 saturated carbocycles. The second-order valence-corrected chi connectivity index (χ2v) is 7.46. The van der Waals surface area contributed by atoms with E-state index in [-0.39, 0.29) is 6.10 Å². The Kier molecular flexibility index (Phi) is 6.47. The Hall–Kier alpha value is -4.11. The molecule has 0 aliphatic heterocycles. The lowest BCUT2D eigenvalue weighted by Crippen LogP contribution is -2.09. The molecule has 0 aliphatic rings. The number of para-hydroxylation sites is 2. The Labute approximate surface area is 189 Å². The van der Waals surface area contributed by atoms with Crippen LogP contribution in [0.25, 0.3) is 11.1 Å². The number of ether oxygens (including phenoxy) is 1. The summed E-state index contributed by atoms with van der Waals surface area (Å²) >= 11 is 0. The third-order valence-corrected chi connectivity index (χ3v) is 5.33. The fourth-order valence-corrected chi connectivity index (χ4v) is 3.64. The zero-order valence-electron chi connectivity index (χ0n) is 18.0. The second kappa shape index (κ2) is 9.80. The number of hydrogen-bond acceptors (Lipinski definition) is 3. The predicted octanol–water partition coefficient (Wildman–Crippen LogP) is 7.61. The molecule has 4 aromatic carbocycles. The molecule has 4 aromatic rings. The molecular formula is C29H25NO2. The van der Waals surface area contributed by atoms with Gasteiger partial charge >= 0.3 is 5.97 Å². The number of benzene rings is 4. The minimum atomic E-state index is -0.418. The topological polar surface area (TPSA) is 29.5 Å². The van der Waals surface area contributed by atoms with Crippen LogP contribution in [0, 0.1) is 0 Å². The van der Waals surface area contributed by atoms with Crippen molar-refractivity contribution in [3.05, 3.63) is 127 Å². The molecule has 0 N–H and O–H groups in total. The van der Waals surface area contributed by atoms with Gasteiger partial charge in [0, 0.05) is 23.1 Å². The van der Waals surface area contributed by atoms with Crippen molar-refractivity contribution in [1.29, 1.82) is 0 Å². The van der Waals surface area contributed by atoms with Crippen LogP contribution in [0.2, 0.25) is 0 Å². The van der Waals surface area contributed by atoms with E-state index in [2.05, 4.69) is 96.4 Å². The van der Waals surface area contributed by atoms with Crippen molar-refractivity contribution in [1.82, 2.24) is 0 Å². The minimum absolute atomic E-state index is 0.317. The van der Waals surface area contributed by atoms with Gasteiger partial charge in [0.15, 0.2) is 0 Å². The van der Waals surface area contributed by atoms with Crippen molar-refractivity contribution in [3.63, 3.8) is 0 Å². The first-order valence-electron chi connectivity index (χ1n) is 10.6. The summed E-state index contributed by atoms with van der Waals surface area (Å²) < 4.78 is 5.29. The molecule has 0 amide bonds. The summed E-state index contributed by atoms with van der Waals surface area (Å²) in [7, 11) is 0. The summed E-state index contributed by atoms with van der Waals surface area (Å²) in [6.07, 6.45) is 0.864. The van der Waals surface area contributed by atoms with Crippen molar-refractivity contribution in [3.8, 4) is 11.1 Å². The van der Waals surface area contributed by atoms with E-state index in [1.54, 1.807) is 0 Å². The number of hydrogen-bond donors (Lipinski definition) is 0. The Balaban J connectivity index is 1.59. The Morgan fingerprint density at radius 3 is 1.62 bits per heavy atom. The van der Waals surface area contributed by atoms with Gasteiger partial charge in [0.25, 0.3) is 0 Å². The van der Waals surface area contributed by atoms with E-state index in [4.69, 9.17) is 4.74 Å². The van der Waals surface area contributed by atoms with Crippen LogP contribution in [0.5, 0.6) is 0 Å². The van der Waals surface area contributed by atoms with Gasteiger partial charge in [0.2, 0.25) is 0 Å². The average Bonchev–Trinajstić information content (AvgIpc) is 2.86. The first kappa shape index (κ1) is 21.1. The normalized spacial score (nSPS) is 11.4. The van der Waals surface area contributed by atoms with Crippen LogP contribution in [-0.2, 0) is 9.53 Å². The van der Waals surface area contributed by atoms with Crippen LogP contribution >= 0.6 is 0 Å². The monoisotopic (exact) mass is 419 g/mol. The molecule has 1 atom stereocenters. The van der Waals surface area contributed by atoms with Crippen LogP contribution in [0.1, 0.15) is 18.6 Å². The van der Waals surface area contributed by atoms with Crippen molar-refractivity contribution < 1.29 is 9.53 Å². The molecule has 0 spiro atoms. The first-order chi connectivity index (χ1) is 15.7. The summed E-state index contributed by atoms with van der Waals surface area (Å²) in [6.45, 7) is 5.30. The smallest absolute Gasteiger partial charge is 0.330 e. The van der Waals surface area contributed by atoms with Gasteiger partial charge in [0.05, 0.1) is 0 Å². The van der Waals surface area contributed by atoms with Gasteiger partial charge in [-0.2, -0.15) is 0 Å². The maximum absolute atomic E-state index is 11.4. The number of esters is 1. The molecule has 32 heavy (non-hydrogen) atoms. The van der Waals surface area contributed by atoms with Gasteiger partial charge in [-0.05, 0) is 60.0 Å². The summed E-state index contributed by atoms with van der Waals surface area (Å²) in [4.78, 5) is 13.7. The fourth-order valence-electron chi connectivity index (χ4n) is 3.64. The van der Waals surface area contributed by atoms with Crippen LogP contribution in [0.15, 0.2) is 122 Å². The standard InChI is InChI=1S/C29H25NO2/c1-3-29(31)32-22(2)23-14-16-24(17-15-23)25-18-20-28(21-19-25)30(26-10-6-4-7-11-26)27-12-8-5-9-13-27/h3-22H,1H2,2H3. The van der Waals surface area contributed by atoms with E-state index in [1.165, 1.54) is 6.08 Å². The van der Waals surface area contributed by atoms with Crippen molar-refractivity contribution in [2.24, 2.45) is 0 Å². The minimum Gasteiger partial charge on any atom is -0.455 e. The number of nitrogens with zero attached hydrogens (tertiary/aromatic N) is 1. The zero-order valence-corrected chi connectivity index (χ0v) is 18.0. The second-order valence-electron chi connectivity index (χ2n) is 7.46. The summed E-state index contributed by atoms with van der Waals surface area (Å²) in [5.74, 6) is -0.418. The molecule has 158 valence electrons. The van der Waals surface area contributed by atoms with Crippen LogP contribution in [-0.4, -0.2) is 5.97 Å². The third kappa shape index (κ3) is 4.79. The van der Waals surface area contributed by atoms with Crippen LogP contribution < -0.4 is 4.90 Å². The number of carbonyl (C=O) groups excluding carboxylic acids is 1. The molecule has 4 rings (SSSR count). The molecule has 0 heterocycles. The van der Waals surface area contributed by atoms with E-state index < -0.39 is 5.97 Å². The molecule has 3 nitrogen and oxygen atoms in total. The first-order valence-corrected chi connectivity index (χ1v) is 10.6. The highest BCUT2D eigenvalue weighted by molar-refractivity contribution is 5.81. The molecular weight excluding hydrogens is 394 g/mol. The third-order valence-electron chi connectivity index (χ3n) is 5.33. The SMILES string of the molecule is C=CC(=O)OC(C)c1ccc(-c2ccc(N(c3ccccc3)c3ccccc3)cc2)cc1. The van der Waals surface area contributed by atoms with Gasteiger partial charge in [0.1, 0.15) is 6.10 Å². The molecule has 0 radical (unpaired) electrons. The highest BCUT2D eigenvalue weighted by atomic mass is 16.5. The molecule has 1 unspecified atom stereocenters. The lowest BCUT2D eigenvalue weighted by molar-refractivity contribution is -0.142. The van der Waals surface area contributed by atoms with Gasteiger partial charge < -0.3 is 9.64 Å². The lowest BCUT2D eigenvalue weighted by atomic mass is 10.0. The van der Waals surface area contributed by atoms with Crippen molar-refractivity contribution in [2.75, 3.05) is 4.90 Å². The maximum Gasteiger partial charge on any atom is 0.330 e. The summed E-state index contributed by atoms with van der Waals surface area (Å²) in [6, 6.07) is 37.3. The Morgan fingerprint density at radius 2 is 1.16 bits per heavy atom. The molecule has 0 aromatic heterocycles. The molecule has 0 aliphatic carbocycles. The Morgan fingerprint density at radius 1 is 0.719 bits per heavy atom. The molecule has 3 heteroatoms. The highest BCUT2D eigenvalue weighted by Crippen LogP contribution is 2.35. The number of anilines is 3. The largest absolute Gasteiger partial charge is 0.455 e. The maximum atomic E-state index is 11.4. The van der Waals surface area contributed by atoms with Gasteiger partial charge in [-0.3, -0.25) is 0 Å². The van der Waals surface area contributed by atoms with Gasteiger partial charge in [-0.25, -0.2) is 4.79 Å². The molecule has 0 fully saturated rings. The summed E-state index contributed by atoms with van der Waals surface area (Å²) in [5, 5.41) is 0. The number of rotatable bonds is 7. The highest BCUT2D eigenvalue weighted by Gasteiger charge is 2.12. The predicted molar refractivity (Wildman–Crippen MR) is 131 cm³/mol. The Bertz CT molecular complexity index is 1130. The van der Waals surface area contributed by atoms with Crippen LogP contribution in [0.3, 0.4) is 0 Å². The van der Waals surface area contributed by atoms with Gasteiger partial charge in [-0.15, -0.1) is 0 Å². The number of carbonyl (C=O) groups is 1. The zero-order chi connectivity index (χ0) is 22.3. The summed E-state index contributed by atoms with van der Waals surface area (Å²) in [5.41, 5.74) is 6.48.